The molecule has 0 aliphatic heterocycles. The van der Waals surface area contributed by atoms with E-state index in [2.05, 4.69) is 5.10 Å². The summed E-state index contributed by atoms with van der Waals surface area (Å²) in [6.07, 6.45) is -4.93. The molecule has 0 amide bonds. The molecular formula is C16H10F5N3O2S. The van der Waals surface area contributed by atoms with Crippen LogP contribution in [0.25, 0.3) is 11.3 Å². The van der Waals surface area contributed by atoms with Gasteiger partial charge in [-0.1, -0.05) is 18.2 Å². The van der Waals surface area contributed by atoms with Gasteiger partial charge in [0.2, 0.25) is 0 Å². The lowest BCUT2D eigenvalue weighted by Crippen LogP contribution is -2.25. The molecular weight excluding hydrogens is 393 g/mol. The van der Waals surface area contributed by atoms with E-state index in [0.29, 0.717) is 18.2 Å². The minimum Gasteiger partial charge on any atom is -0.207 e. The van der Waals surface area contributed by atoms with Crippen LogP contribution >= 0.6 is 0 Å². The van der Waals surface area contributed by atoms with Crippen molar-refractivity contribution >= 4 is 10.0 Å². The van der Waals surface area contributed by atoms with Gasteiger partial charge >= 0.3 is 6.18 Å². The average molecular weight is 403 g/mol. The summed E-state index contributed by atoms with van der Waals surface area (Å²) in [7, 11) is -4.33. The second-order valence-corrected chi connectivity index (χ2v) is 7.02. The van der Waals surface area contributed by atoms with Crippen LogP contribution in [-0.2, 0) is 16.2 Å². The SMILES string of the molecule is O=S(=O)(Nn1nc(C(F)(F)F)cc1-c1cc(F)ccc1F)c1ccccc1. The Morgan fingerprint density at radius 3 is 2.26 bits per heavy atom. The number of hydrogen-bond donors (Lipinski definition) is 1. The van der Waals surface area contributed by atoms with Crippen LogP contribution in [0, 0.1) is 11.6 Å². The summed E-state index contributed by atoms with van der Waals surface area (Å²) in [5.41, 5.74) is -2.68. The molecule has 142 valence electrons. The van der Waals surface area contributed by atoms with Crippen molar-refractivity contribution < 1.29 is 30.4 Å². The Kier molecular flexibility index (Phi) is 4.64. The maximum atomic E-state index is 14.0. The topological polar surface area (TPSA) is 64.0 Å². The van der Waals surface area contributed by atoms with Crippen LogP contribution in [0.4, 0.5) is 22.0 Å². The lowest BCUT2D eigenvalue weighted by atomic mass is 10.1. The van der Waals surface area contributed by atoms with Crippen LogP contribution in [0.1, 0.15) is 5.69 Å². The molecule has 0 bridgehead atoms. The quantitative estimate of drug-likeness (QED) is 0.675. The van der Waals surface area contributed by atoms with Crippen molar-refractivity contribution in [2.45, 2.75) is 11.1 Å². The van der Waals surface area contributed by atoms with Gasteiger partial charge in [0, 0.05) is 5.56 Å². The van der Waals surface area contributed by atoms with Gasteiger partial charge in [0.05, 0.1) is 10.6 Å². The summed E-state index contributed by atoms with van der Waals surface area (Å²) in [5, 5.41) is 3.15. The summed E-state index contributed by atoms with van der Waals surface area (Å²) in [5.74, 6) is -1.97. The predicted octanol–water partition coefficient (Wildman–Crippen LogP) is 3.78. The van der Waals surface area contributed by atoms with E-state index < -0.39 is 44.8 Å². The first-order valence-corrected chi connectivity index (χ1v) is 8.77. The highest BCUT2D eigenvalue weighted by Gasteiger charge is 2.36. The Morgan fingerprint density at radius 1 is 0.963 bits per heavy atom. The molecule has 0 radical (unpaired) electrons. The van der Waals surface area contributed by atoms with Gasteiger partial charge in [-0.05, 0) is 36.4 Å². The third kappa shape index (κ3) is 3.92. The number of aromatic nitrogens is 2. The molecule has 1 N–H and O–H groups in total. The third-order valence-corrected chi connectivity index (χ3v) is 4.77. The Balaban J connectivity index is 2.15. The highest BCUT2D eigenvalue weighted by Crippen LogP contribution is 2.32. The van der Waals surface area contributed by atoms with Crippen LogP contribution in [0.15, 0.2) is 59.5 Å². The van der Waals surface area contributed by atoms with E-state index in [1.807, 2.05) is 4.83 Å². The smallest absolute Gasteiger partial charge is 0.207 e. The largest absolute Gasteiger partial charge is 0.435 e. The lowest BCUT2D eigenvalue weighted by Gasteiger charge is -2.11. The zero-order chi connectivity index (χ0) is 19.8. The van der Waals surface area contributed by atoms with Gasteiger partial charge in [-0.3, -0.25) is 0 Å². The first kappa shape index (κ1) is 18.8. The van der Waals surface area contributed by atoms with Gasteiger partial charge in [0.25, 0.3) is 10.0 Å². The van der Waals surface area contributed by atoms with E-state index in [-0.39, 0.29) is 9.69 Å². The molecule has 0 saturated heterocycles. The monoisotopic (exact) mass is 403 g/mol. The predicted molar refractivity (Wildman–Crippen MR) is 85.6 cm³/mol. The second-order valence-electron chi connectivity index (χ2n) is 5.36. The standard InChI is InChI=1S/C16H10F5N3O2S/c17-10-6-7-13(18)12(8-10)14-9-15(16(19,20)21)22-24(14)23-27(25,26)11-4-2-1-3-5-11/h1-9,23H. The van der Waals surface area contributed by atoms with E-state index in [9.17, 15) is 30.4 Å². The van der Waals surface area contributed by atoms with Crippen molar-refractivity contribution in [2.24, 2.45) is 0 Å². The van der Waals surface area contributed by atoms with Crippen LogP contribution in [0.2, 0.25) is 0 Å². The first-order chi connectivity index (χ1) is 12.6. The summed E-state index contributed by atoms with van der Waals surface area (Å²) >= 11 is 0. The number of benzene rings is 2. The van der Waals surface area contributed by atoms with Gasteiger partial charge in [-0.15, -0.1) is 5.10 Å². The highest BCUT2D eigenvalue weighted by molar-refractivity contribution is 7.92. The average Bonchev–Trinajstić information content (AvgIpc) is 3.01. The Labute approximate surface area is 150 Å². The van der Waals surface area contributed by atoms with Crippen molar-refractivity contribution in [2.75, 3.05) is 4.83 Å². The minimum atomic E-state index is -4.93. The molecule has 5 nitrogen and oxygen atoms in total. The zero-order valence-corrected chi connectivity index (χ0v) is 14.0. The number of hydrogen-bond acceptors (Lipinski definition) is 3. The van der Waals surface area contributed by atoms with Crippen molar-refractivity contribution in [3.05, 3.63) is 71.9 Å². The number of halogens is 5. The highest BCUT2D eigenvalue weighted by atomic mass is 32.2. The Hall–Kier alpha value is -2.95. The number of nitrogens with zero attached hydrogens (tertiary/aromatic N) is 2. The first-order valence-electron chi connectivity index (χ1n) is 7.28. The van der Waals surface area contributed by atoms with E-state index in [1.54, 1.807) is 6.07 Å². The van der Waals surface area contributed by atoms with Gasteiger partial charge in [0.1, 0.15) is 11.6 Å². The van der Waals surface area contributed by atoms with Crippen LogP contribution in [0.3, 0.4) is 0 Å². The van der Waals surface area contributed by atoms with Crippen LogP contribution < -0.4 is 4.83 Å². The van der Waals surface area contributed by atoms with E-state index in [0.717, 1.165) is 6.07 Å². The molecule has 0 atom stereocenters. The third-order valence-electron chi connectivity index (χ3n) is 3.46. The van der Waals surface area contributed by atoms with Gasteiger partial charge < -0.3 is 0 Å². The van der Waals surface area contributed by atoms with E-state index in [1.165, 1.54) is 24.3 Å². The molecule has 2 aromatic carbocycles. The van der Waals surface area contributed by atoms with Crippen LogP contribution in [-0.4, -0.2) is 18.3 Å². The summed E-state index contributed by atoms with van der Waals surface area (Å²) in [6.45, 7) is 0. The molecule has 1 heterocycles. The molecule has 11 heteroatoms. The second kappa shape index (κ2) is 6.65. The van der Waals surface area contributed by atoms with Crippen molar-refractivity contribution in [1.29, 1.82) is 0 Å². The van der Waals surface area contributed by atoms with Gasteiger partial charge in [-0.2, -0.15) is 31.2 Å². The molecule has 0 saturated carbocycles. The van der Waals surface area contributed by atoms with Crippen molar-refractivity contribution in [3.8, 4) is 11.3 Å². The van der Waals surface area contributed by atoms with Crippen molar-refractivity contribution in [1.82, 2.24) is 9.89 Å². The van der Waals surface area contributed by atoms with Gasteiger partial charge in [0.15, 0.2) is 5.69 Å². The molecule has 0 unspecified atom stereocenters. The molecule has 0 aliphatic carbocycles. The molecule has 3 aromatic rings. The molecule has 0 aliphatic rings. The summed E-state index contributed by atoms with van der Waals surface area (Å²) in [4.78, 5) is 1.83. The summed E-state index contributed by atoms with van der Waals surface area (Å²) < 4.78 is 91.3. The Bertz CT molecular complexity index is 1080. The maximum absolute atomic E-state index is 14.0. The minimum absolute atomic E-state index is 0.250. The molecule has 1 aromatic heterocycles. The van der Waals surface area contributed by atoms with Crippen molar-refractivity contribution in [3.63, 3.8) is 0 Å². The maximum Gasteiger partial charge on any atom is 0.435 e. The molecule has 0 fully saturated rings. The zero-order valence-electron chi connectivity index (χ0n) is 13.2. The molecule has 27 heavy (non-hydrogen) atoms. The fourth-order valence-corrected chi connectivity index (χ4v) is 3.23. The number of rotatable bonds is 4. The summed E-state index contributed by atoms with van der Waals surface area (Å²) in [6, 6.07) is 9.32. The normalized spacial score (nSPS) is 12.2. The van der Waals surface area contributed by atoms with Gasteiger partial charge in [-0.25, -0.2) is 8.78 Å². The molecule has 3 rings (SSSR count). The molecule has 0 spiro atoms. The van der Waals surface area contributed by atoms with Crippen LogP contribution in [0.5, 0.6) is 0 Å². The number of sulfonamides is 1. The number of nitrogens with one attached hydrogen (secondary N) is 1. The Morgan fingerprint density at radius 2 is 1.63 bits per heavy atom. The number of alkyl halides is 3. The fourth-order valence-electron chi connectivity index (χ4n) is 2.24. The van der Waals surface area contributed by atoms with E-state index >= 15 is 0 Å². The van der Waals surface area contributed by atoms with E-state index in [4.69, 9.17) is 0 Å². The lowest BCUT2D eigenvalue weighted by molar-refractivity contribution is -0.141. The fraction of sp³-hybridized carbons (Fsp3) is 0.0625.